The van der Waals surface area contributed by atoms with Gasteiger partial charge in [0.15, 0.2) is 0 Å². The van der Waals surface area contributed by atoms with Gasteiger partial charge in [-0.3, -0.25) is 4.79 Å². The topological polar surface area (TPSA) is 47.6 Å². The van der Waals surface area contributed by atoms with Gasteiger partial charge in [0.25, 0.3) is 0 Å². The van der Waals surface area contributed by atoms with Gasteiger partial charge in [-0.05, 0) is 59.9 Å². The van der Waals surface area contributed by atoms with Gasteiger partial charge in [-0.25, -0.2) is 0 Å². The fourth-order valence-electron chi connectivity index (χ4n) is 3.20. The predicted octanol–water partition coefficient (Wildman–Crippen LogP) is 6.79. The van der Waals surface area contributed by atoms with Gasteiger partial charge in [0.05, 0.1) is 24.3 Å². The summed E-state index contributed by atoms with van der Waals surface area (Å²) in [5, 5.41) is 3.23. The van der Waals surface area contributed by atoms with Gasteiger partial charge in [0.2, 0.25) is 0 Å². The van der Waals surface area contributed by atoms with E-state index in [-0.39, 0.29) is 5.56 Å². The van der Waals surface area contributed by atoms with Crippen molar-refractivity contribution < 1.29 is 40.6 Å². The molecule has 0 amide bonds. The summed E-state index contributed by atoms with van der Waals surface area (Å²) in [5.74, 6) is 0. The second-order valence-corrected chi connectivity index (χ2v) is 8.34. The van der Waals surface area contributed by atoms with Crippen LogP contribution < -0.4 is 5.32 Å². The molecule has 1 fully saturated rings. The van der Waals surface area contributed by atoms with Crippen LogP contribution in [-0.2, 0) is 28.4 Å². The molecule has 1 saturated carbocycles. The molecule has 4 nitrogen and oxygen atoms in total. The molecule has 0 aromatic heterocycles. The number of halogens is 6. The minimum atomic E-state index is -4.46. The van der Waals surface area contributed by atoms with E-state index in [0.717, 1.165) is 31.0 Å². The van der Waals surface area contributed by atoms with Crippen LogP contribution in [0.25, 0.3) is 12.2 Å². The maximum absolute atomic E-state index is 12.9. The molecule has 0 radical (unpaired) electrons. The fraction of sp³-hybridized carbons (Fsp3) is 0.370. The number of nitrogens with one attached hydrogen (secondary N) is 1. The summed E-state index contributed by atoms with van der Waals surface area (Å²) in [6.45, 7) is 1.15. The maximum Gasteiger partial charge on any atom is 0.416 e. The summed E-state index contributed by atoms with van der Waals surface area (Å²) in [5.41, 5.74) is 0.0768. The molecule has 3 rings (SSSR count). The quantitative estimate of drug-likeness (QED) is 0.272. The summed E-state index contributed by atoms with van der Waals surface area (Å²) in [6, 6.07) is 7.80. The lowest BCUT2D eigenvalue weighted by Crippen LogP contribution is -2.16. The van der Waals surface area contributed by atoms with Gasteiger partial charge in [-0.2, -0.15) is 26.3 Å². The summed E-state index contributed by atoms with van der Waals surface area (Å²) in [7, 11) is 3.02. The molecule has 202 valence electrons. The minimum absolute atomic E-state index is 0.00288. The largest absolute Gasteiger partial charge is 0.416 e. The molecule has 0 aliphatic heterocycles. The zero-order valence-electron chi connectivity index (χ0n) is 20.5. The van der Waals surface area contributed by atoms with Crippen molar-refractivity contribution in [2.24, 2.45) is 0 Å². The number of aldehydes is 1. The van der Waals surface area contributed by atoms with Gasteiger partial charge < -0.3 is 14.8 Å². The van der Waals surface area contributed by atoms with Crippen LogP contribution in [0.4, 0.5) is 26.3 Å². The molecular formula is C27H29F6NO3. The number of methoxy groups -OCH3 is 2. The van der Waals surface area contributed by atoms with Crippen molar-refractivity contribution in [1.29, 1.82) is 0 Å². The summed E-state index contributed by atoms with van der Waals surface area (Å²) >= 11 is 0. The molecule has 1 aliphatic rings. The SMILES string of the molecule is COC/C=C/c1cc(C=O)cc(C(F)(F)F)c1.COC/C=C/c1cc(CNC2CC2)cc(C(F)(F)F)c1. The minimum Gasteiger partial charge on any atom is -0.381 e. The van der Waals surface area contributed by atoms with E-state index in [9.17, 15) is 31.1 Å². The van der Waals surface area contributed by atoms with E-state index in [1.165, 1.54) is 25.3 Å². The molecular weight excluding hydrogens is 500 g/mol. The van der Waals surface area contributed by atoms with Crippen molar-refractivity contribution in [2.75, 3.05) is 27.4 Å². The second kappa shape index (κ2) is 14.1. The van der Waals surface area contributed by atoms with Crippen LogP contribution >= 0.6 is 0 Å². The van der Waals surface area contributed by atoms with Crippen LogP contribution in [0.2, 0.25) is 0 Å². The molecule has 1 N–H and O–H groups in total. The first-order chi connectivity index (χ1) is 17.5. The highest BCUT2D eigenvalue weighted by molar-refractivity contribution is 5.77. The summed E-state index contributed by atoms with van der Waals surface area (Å²) < 4.78 is 85.8. The van der Waals surface area contributed by atoms with E-state index >= 15 is 0 Å². The molecule has 10 heteroatoms. The zero-order valence-corrected chi connectivity index (χ0v) is 20.5. The number of carbonyl (C=O) groups is 1. The Balaban J connectivity index is 0.000000264. The highest BCUT2D eigenvalue weighted by atomic mass is 19.4. The lowest BCUT2D eigenvalue weighted by Gasteiger charge is -2.11. The molecule has 0 heterocycles. The lowest BCUT2D eigenvalue weighted by atomic mass is 10.0. The van der Waals surface area contributed by atoms with E-state index in [2.05, 4.69) is 5.32 Å². The van der Waals surface area contributed by atoms with Gasteiger partial charge in [0, 0.05) is 32.4 Å². The number of ether oxygens (including phenoxy) is 2. The van der Waals surface area contributed by atoms with Gasteiger partial charge in [0.1, 0.15) is 6.29 Å². The summed E-state index contributed by atoms with van der Waals surface area (Å²) in [4.78, 5) is 10.6. The molecule has 2 aromatic carbocycles. The van der Waals surface area contributed by atoms with Crippen molar-refractivity contribution in [1.82, 2.24) is 5.32 Å². The second-order valence-electron chi connectivity index (χ2n) is 8.34. The van der Waals surface area contributed by atoms with Crippen molar-refractivity contribution in [3.63, 3.8) is 0 Å². The van der Waals surface area contributed by atoms with Crippen LogP contribution in [-0.4, -0.2) is 39.8 Å². The highest BCUT2D eigenvalue weighted by Gasteiger charge is 2.32. The Morgan fingerprint density at radius 1 is 0.784 bits per heavy atom. The maximum atomic E-state index is 12.9. The van der Waals surface area contributed by atoms with Crippen molar-refractivity contribution >= 4 is 18.4 Å². The highest BCUT2D eigenvalue weighted by Crippen LogP contribution is 2.32. The Morgan fingerprint density at radius 3 is 1.73 bits per heavy atom. The average Bonchev–Trinajstić information content (AvgIpc) is 3.67. The molecule has 0 unspecified atom stereocenters. The van der Waals surface area contributed by atoms with Gasteiger partial charge >= 0.3 is 12.4 Å². The fourth-order valence-corrected chi connectivity index (χ4v) is 3.20. The first kappa shape index (κ1) is 30.3. The molecule has 0 atom stereocenters. The Kier molecular flexibility index (Phi) is 11.5. The number of carbonyl (C=O) groups excluding carboxylic acids is 1. The van der Waals surface area contributed by atoms with Crippen molar-refractivity contribution in [3.05, 3.63) is 81.9 Å². The molecule has 0 bridgehead atoms. The lowest BCUT2D eigenvalue weighted by molar-refractivity contribution is -0.138. The summed E-state index contributed by atoms with van der Waals surface area (Å²) in [6.07, 6.45) is 0.243. The molecule has 2 aromatic rings. The number of benzene rings is 2. The number of alkyl halides is 6. The van der Waals surface area contributed by atoms with Crippen LogP contribution in [0.3, 0.4) is 0 Å². The Labute approximate surface area is 212 Å². The number of hydrogen-bond donors (Lipinski definition) is 1. The van der Waals surface area contributed by atoms with Crippen molar-refractivity contribution in [3.8, 4) is 0 Å². The normalized spacial score (nSPS) is 14.2. The standard InChI is InChI=1S/C15H18F3NO.C12H11F3O2/c1-20-6-2-3-11-7-12(10-19-14-4-5-14)9-13(8-11)15(16,17)18;1-17-4-2-3-9-5-10(8-16)7-11(6-9)12(13,14)15/h2-3,7-9,14,19H,4-6,10H2,1H3;2-3,5-8H,4H2,1H3/b2*3-2+. The smallest absolute Gasteiger partial charge is 0.381 e. The predicted molar refractivity (Wildman–Crippen MR) is 130 cm³/mol. The monoisotopic (exact) mass is 529 g/mol. The third-order valence-electron chi connectivity index (χ3n) is 5.10. The Hall–Kier alpha value is -2.95. The molecule has 0 spiro atoms. The van der Waals surface area contributed by atoms with Crippen molar-refractivity contribution in [2.45, 2.75) is 37.8 Å². The number of hydrogen-bond acceptors (Lipinski definition) is 4. The Morgan fingerprint density at radius 2 is 1.27 bits per heavy atom. The van der Waals surface area contributed by atoms with Gasteiger partial charge in [-0.15, -0.1) is 0 Å². The molecule has 0 saturated heterocycles. The first-order valence-electron chi connectivity index (χ1n) is 11.4. The van der Waals surface area contributed by atoms with Crippen LogP contribution in [0.15, 0.2) is 48.6 Å². The van der Waals surface area contributed by atoms with Gasteiger partial charge in [-0.1, -0.05) is 30.4 Å². The van der Waals surface area contributed by atoms with E-state index in [4.69, 9.17) is 9.47 Å². The zero-order chi connectivity index (χ0) is 27.5. The third-order valence-corrected chi connectivity index (χ3v) is 5.10. The third kappa shape index (κ3) is 11.3. The van der Waals surface area contributed by atoms with E-state index < -0.39 is 23.5 Å². The van der Waals surface area contributed by atoms with E-state index in [0.29, 0.717) is 48.8 Å². The van der Waals surface area contributed by atoms with E-state index in [1.54, 1.807) is 31.4 Å². The molecule has 1 aliphatic carbocycles. The molecule has 37 heavy (non-hydrogen) atoms. The average molecular weight is 530 g/mol. The van der Waals surface area contributed by atoms with Crippen LogP contribution in [0.5, 0.6) is 0 Å². The van der Waals surface area contributed by atoms with Crippen LogP contribution in [0, 0.1) is 0 Å². The van der Waals surface area contributed by atoms with Crippen LogP contribution in [0.1, 0.15) is 51.0 Å². The number of rotatable bonds is 10. The first-order valence-corrected chi connectivity index (χ1v) is 11.4. The van der Waals surface area contributed by atoms with E-state index in [1.807, 2.05) is 0 Å². The Bertz CT molecular complexity index is 1070.